The van der Waals surface area contributed by atoms with E-state index in [-0.39, 0.29) is 0 Å². The highest BCUT2D eigenvalue weighted by Crippen LogP contribution is 2.13. The van der Waals surface area contributed by atoms with Crippen LogP contribution in [-0.4, -0.2) is 7.85 Å². The van der Waals surface area contributed by atoms with E-state index in [1.807, 2.05) is 0 Å². The Bertz CT molecular complexity index is 122. The number of allylic oxidation sites excluding steroid dienone is 4. The van der Waals surface area contributed by atoms with Gasteiger partial charge in [0.15, 0.2) is 0 Å². The van der Waals surface area contributed by atoms with Gasteiger partial charge in [0.05, 0.1) is 0 Å². The Hall–Kier alpha value is -0.455. The Balaban J connectivity index is 2.50. The van der Waals surface area contributed by atoms with Gasteiger partial charge >= 0.3 is 0 Å². The number of rotatable bonds is 1. The summed E-state index contributed by atoms with van der Waals surface area (Å²) >= 11 is 0. The molecule has 0 aliphatic heterocycles. The van der Waals surface area contributed by atoms with E-state index in [1.165, 1.54) is 19.2 Å². The van der Waals surface area contributed by atoms with E-state index in [9.17, 15) is 0 Å². The molecule has 0 aromatic carbocycles. The van der Waals surface area contributed by atoms with Crippen molar-refractivity contribution in [1.82, 2.24) is 0 Å². The first-order chi connectivity index (χ1) is 3.93. The third kappa shape index (κ3) is 1.26. The van der Waals surface area contributed by atoms with Gasteiger partial charge in [-0.05, 0) is 12.8 Å². The van der Waals surface area contributed by atoms with Gasteiger partial charge < -0.3 is 0 Å². The van der Waals surface area contributed by atoms with Gasteiger partial charge in [-0.25, -0.2) is 0 Å². The highest BCUT2D eigenvalue weighted by Gasteiger charge is 1.93. The zero-order valence-corrected chi connectivity index (χ0v) is 5.35. The van der Waals surface area contributed by atoms with Crippen molar-refractivity contribution in [1.29, 1.82) is 0 Å². The summed E-state index contributed by atoms with van der Waals surface area (Å²) in [5, 5.41) is 0. The molecule has 0 radical (unpaired) electrons. The SMILES string of the molecule is BCC1=CC=CCC1. The molecule has 0 heterocycles. The quantitative estimate of drug-likeness (QED) is 0.442. The van der Waals surface area contributed by atoms with Crippen molar-refractivity contribution in [3.8, 4) is 0 Å². The van der Waals surface area contributed by atoms with Crippen molar-refractivity contribution in [3.63, 3.8) is 0 Å². The van der Waals surface area contributed by atoms with Crippen LogP contribution >= 0.6 is 0 Å². The molecule has 0 atom stereocenters. The van der Waals surface area contributed by atoms with Crippen LogP contribution in [0.3, 0.4) is 0 Å². The fraction of sp³-hybridized carbons (Fsp3) is 0.429. The third-order valence-electron chi connectivity index (χ3n) is 1.55. The van der Waals surface area contributed by atoms with Crippen LogP contribution in [0, 0.1) is 0 Å². The highest BCUT2D eigenvalue weighted by molar-refractivity contribution is 6.10. The lowest BCUT2D eigenvalue weighted by Crippen LogP contribution is -1.84. The lowest BCUT2D eigenvalue weighted by atomic mass is 9.91. The van der Waals surface area contributed by atoms with E-state index in [0.29, 0.717) is 0 Å². The largest absolute Gasteiger partial charge is 0.106 e. The predicted molar refractivity (Wildman–Crippen MR) is 39.8 cm³/mol. The van der Waals surface area contributed by atoms with Crippen LogP contribution < -0.4 is 0 Å². The minimum absolute atomic E-state index is 1.23. The van der Waals surface area contributed by atoms with Gasteiger partial charge in [-0.1, -0.05) is 30.1 Å². The van der Waals surface area contributed by atoms with Crippen LogP contribution in [0.15, 0.2) is 23.8 Å². The van der Waals surface area contributed by atoms with E-state index < -0.39 is 0 Å². The van der Waals surface area contributed by atoms with Gasteiger partial charge in [0.2, 0.25) is 0 Å². The van der Waals surface area contributed by atoms with Crippen LogP contribution in [0.2, 0.25) is 6.32 Å². The van der Waals surface area contributed by atoms with Crippen molar-refractivity contribution in [2.45, 2.75) is 19.2 Å². The summed E-state index contributed by atoms with van der Waals surface area (Å²) in [5.74, 6) is 0. The molecular formula is C7H11B. The van der Waals surface area contributed by atoms with Gasteiger partial charge in [0.25, 0.3) is 0 Å². The average Bonchev–Trinajstić information content (AvgIpc) is 1.90. The van der Waals surface area contributed by atoms with E-state index in [0.717, 1.165) is 0 Å². The minimum Gasteiger partial charge on any atom is -0.0842 e. The second-order valence-corrected chi connectivity index (χ2v) is 2.15. The van der Waals surface area contributed by atoms with E-state index in [4.69, 9.17) is 0 Å². The van der Waals surface area contributed by atoms with Crippen molar-refractivity contribution in [2.24, 2.45) is 0 Å². The second-order valence-electron chi connectivity index (χ2n) is 2.15. The fourth-order valence-electron chi connectivity index (χ4n) is 0.947. The molecule has 42 valence electrons. The molecule has 0 saturated heterocycles. The highest BCUT2D eigenvalue weighted by atomic mass is 14.0. The lowest BCUT2D eigenvalue weighted by Gasteiger charge is -2.03. The van der Waals surface area contributed by atoms with Gasteiger partial charge in [-0.3, -0.25) is 0 Å². The Labute approximate surface area is 51.7 Å². The molecule has 1 heteroatoms. The Morgan fingerprint density at radius 2 is 2.50 bits per heavy atom. The predicted octanol–water partition coefficient (Wildman–Crippen LogP) is 1.31. The standard InChI is InChI=1S/C7H11B/c8-6-7-4-2-1-3-5-7/h1-2,4H,3,5-6,8H2. The van der Waals surface area contributed by atoms with E-state index >= 15 is 0 Å². The summed E-state index contributed by atoms with van der Waals surface area (Å²) in [4.78, 5) is 0. The topological polar surface area (TPSA) is 0 Å². The first-order valence-electron chi connectivity index (χ1n) is 3.28. The molecule has 0 unspecified atom stereocenters. The Morgan fingerprint density at radius 1 is 1.62 bits per heavy atom. The van der Waals surface area contributed by atoms with Crippen molar-refractivity contribution in [2.75, 3.05) is 0 Å². The number of hydrogen-bond acceptors (Lipinski definition) is 0. The summed E-state index contributed by atoms with van der Waals surface area (Å²) < 4.78 is 0. The van der Waals surface area contributed by atoms with Crippen molar-refractivity contribution in [3.05, 3.63) is 23.8 Å². The molecule has 0 nitrogen and oxygen atoms in total. The van der Waals surface area contributed by atoms with Crippen molar-refractivity contribution >= 4 is 7.85 Å². The van der Waals surface area contributed by atoms with Crippen LogP contribution in [0.4, 0.5) is 0 Å². The molecule has 0 amide bonds. The minimum atomic E-state index is 1.23. The van der Waals surface area contributed by atoms with E-state index in [2.05, 4.69) is 26.1 Å². The van der Waals surface area contributed by atoms with Gasteiger partial charge in [-0.2, -0.15) is 0 Å². The molecular weight excluding hydrogens is 94.9 g/mol. The number of hydrogen-bond donors (Lipinski definition) is 0. The van der Waals surface area contributed by atoms with Crippen molar-refractivity contribution < 1.29 is 0 Å². The maximum Gasteiger partial charge on any atom is 0.106 e. The van der Waals surface area contributed by atoms with Gasteiger partial charge in [-0.15, -0.1) is 0 Å². The molecule has 0 fully saturated rings. The normalized spacial score (nSPS) is 18.2. The molecule has 8 heavy (non-hydrogen) atoms. The zero-order chi connectivity index (χ0) is 5.82. The van der Waals surface area contributed by atoms with Crippen LogP contribution in [-0.2, 0) is 0 Å². The summed E-state index contributed by atoms with van der Waals surface area (Å²) in [5.41, 5.74) is 1.59. The average molecular weight is 106 g/mol. The third-order valence-corrected chi connectivity index (χ3v) is 1.55. The summed E-state index contributed by atoms with van der Waals surface area (Å²) in [6.07, 6.45) is 10.4. The van der Waals surface area contributed by atoms with E-state index in [1.54, 1.807) is 5.57 Å². The van der Waals surface area contributed by atoms with Crippen LogP contribution in [0.25, 0.3) is 0 Å². The zero-order valence-electron chi connectivity index (χ0n) is 5.35. The molecule has 0 saturated carbocycles. The molecule has 0 N–H and O–H groups in total. The summed E-state index contributed by atoms with van der Waals surface area (Å²) in [7, 11) is 2.21. The molecule has 0 bridgehead atoms. The van der Waals surface area contributed by atoms with Crippen LogP contribution in [0.5, 0.6) is 0 Å². The first kappa shape index (κ1) is 5.68. The van der Waals surface area contributed by atoms with Gasteiger partial charge in [0, 0.05) is 0 Å². The molecule has 0 spiro atoms. The molecule has 0 aromatic heterocycles. The first-order valence-corrected chi connectivity index (χ1v) is 3.28. The van der Waals surface area contributed by atoms with Crippen LogP contribution in [0.1, 0.15) is 12.8 Å². The molecule has 1 aliphatic rings. The summed E-state index contributed by atoms with van der Waals surface area (Å²) in [6, 6.07) is 0. The molecule has 1 aliphatic carbocycles. The monoisotopic (exact) mass is 106 g/mol. The fourth-order valence-corrected chi connectivity index (χ4v) is 0.947. The summed E-state index contributed by atoms with van der Waals surface area (Å²) in [6.45, 7) is 0. The molecule has 0 aromatic rings. The Morgan fingerprint density at radius 3 is 2.88 bits per heavy atom. The maximum atomic E-state index is 2.23. The maximum absolute atomic E-state index is 2.23. The lowest BCUT2D eigenvalue weighted by molar-refractivity contribution is 0.960. The van der Waals surface area contributed by atoms with Gasteiger partial charge in [0.1, 0.15) is 7.85 Å². The Kier molecular flexibility index (Phi) is 1.96. The second kappa shape index (κ2) is 2.76. The molecule has 1 rings (SSSR count). The smallest absolute Gasteiger partial charge is 0.0842 e.